The van der Waals surface area contributed by atoms with Crippen molar-refractivity contribution in [2.75, 3.05) is 0 Å². The molecule has 0 fully saturated rings. The third-order valence-corrected chi connectivity index (χ3v) is 2.72. The van der Waals surface area contributed by atoms with Crippen LogP contribution in [0, 0.1) is 0 Å². The normalized spacial score (nSPS) is 10.4. The van der Waals surface area contributed by atoms with Gasteiger partial charge in [-0.1, -0.05) is 36.4 Å². The summed E-state index contributed by atoms with van der Waals surface area (Å²) in [5, 5.41) is 16.8. The second kappa shape index (κ2) is 11.3. The van der Waals surface area contributed by atoms with Gasteiger partial charge in [-0.2, -0.15) is 22.0 Å². The first-order valence-electron chi connectivity index (χ1n) is 7.18. The molecule has 2 aromatic rings. The molecular weight excluding hydrogens is 414 g/mol. The van der Waals surface area contributed by atoms with Crippen LogP contribution in [-0.4, -0.2) is 40.2 Å². The molecule has 29 heavy (non-hydrogen) atoms. The maximum atomic E-state index is 11.5. The SMILES string of the molecule is O=C(O)c1ccccc1.O=C(O)c1ccccc1.O=C(OF)C(F)(F)C(F)(F)F. The molecule has 2 rings (SSSR count). The molecular formula is C17H12F6O6. The first kappa shape index (κ1) is 25.4. The zero-order valence-electron chi connectivity index (χ0n) is 14.1. The molecule has 0 spiro atoms. The van der Waals surface area contributed by atoms with Crippen LogP contribution in [0.5, 0.6) is 0 Å². The lowest BCUT2D eigenvalue weighted by Crippen LogP contribution is -2.44. The van der Waals surface area contributed by atoms with E-state index < -0.39 is 30.0 Å². The third-order valence-electron chi connectivity index (χ3n) is 2.72. The van der Waals surface area contributed by atoms with Crippen molar-refractivity contribution in [1.82, 2.24) is 0 Å². The van der Waals surface area contributed by atoms with Gasteiger partial charge in [0, 0.05) is 4.53 Å². The molecule has 2 N–H and O–H groups in total. The molecule has 0 radical (unpaired) electrons. The van der Waals surface area contributed by atoms with Gasteiger partial charge in [0.05, 0.1) is 11.1 Å². The van der Waals surface area contributed by atoms with Crippen molar-refractivity contribution in [2.45, 2.75) is 12.1 Å². The standard InChI is InChI=1S/2C7H6O2.C3F6O2/c2*8-7(9)6-4-2-1-3-5-6;4-2(5,1(10)11-9)3(6,7)8/h2*1-5H,(H,8,9);. The monoisotopic (exact) mass is 426 g/mol. The van der Waals surface area contributed by atoms with Crippen molar-refractivity contribution in [2.24, 2.45) is 0 Å². The number of hydrogen-bond donors (Lipinski definition) is 2. The third kappa shape index (κ3) is 8.77. The Bertz CT molecular complexity index is 744. The number of carboxylic acid groups (broad SMARTS) is 2. The lowest BCUT2D eigenvalue weighted by atomic mass is 10.2. The maximum absolute atomic E-state index is 11.5. The Hall–Kier alpha value is -3.57. The van der Waals surface area contributed by atoms with E-state index in [-0.39, 0.29) is 0 Å². The number of alkyl halides is 5. The molecule has 0 saturated heterocycles. The smallest absolute Gasteiger partial charge is 0.465 e. The quantitative estimate of drug-likeness (QED) is 0.707. The van der Waals surface area contributed by atoms with Crippen LogP contribution in [0.1, 0.15) is 20.7 Å². The van der Waals surface area contributed by atoms with Crippen LogP contribution >= 0.6 is 0 Å². The minimum atomic E-state index is -6.13. The highest BCUT2D eigenvalue weighted by Crippen LogP contribution is 2.36. The lowest BCUT2D eigenvalue weighted by Gasteiger charge is -2.13. The van der Waals surface area contributed by atoms with E-state index >= 15 is 0 Å². The van der Waals surface area contributed by atoms with Gasteiger partial charge >= 0.3 is 30.0 Å². The van der Waals surface area contributed by atoms with Gasteiger partial charge in [-0.15, -0.1) is 0 Å². The molecule has 12 heteroatoms. The Labute approximate surface area is 158 Å². The van der Waals surface area contributed by atoms with Crippen molar-refractivity contribution in [3.63, 3.8) is 0 Å². The predicted octanol–water partition coefficient (Wildman–Crippen LogP) is 4.38. The second-order valence-electron chi connectivity index (χ2n) is 4.78. The van der Waals surface area contributed by atoms with Crippen LogP contribution in [-0.2, 0) is 9.74 Å². The highest BCUT2D eigenvalue weighted by atomic mass is 19.4. The van der Waals surface area contributed by atoms with Crippen LogP contribution in [0.25, 0.3) is 0 Å². The second-order valence-corrected chi connectivity index (χ2v) is 4.78. The zero-order valence-corrected chi connectivity index (χ0v) is 14.1. The summed E-state index contributed by atoms with van der Waals surface area (Å²) < 4.78 is 66.7. The van der Waals surface area contributed by atoms with Gasteiger partial charge in [0.25, 0.3) is 0 Å². The molecule has 0 aliphatic rings. The Morgan fingerprint density at radius 1 is 0.690 bits per heavy atom. The average Bonchev–Trinajstić information content (AvgIpc) is 2.68. The largest absolute Gasteiger partial charge is 0.478 e. The van der Waals surface area contributed by atoms with Crippen molar-refractivity contribution in [3.8, 4) is 0 Å². The number of carbonyl (C=O) groups excluding carboxylic acids is 1. The van der Waals surface area contributed by atoms with Gasteiger partial charge in [-0.3, -0.25) is 0 Å². The van der Waals surface area contributed by atoms with Gasteiger partial charge < -0.3 is 10.2 Å². The molecule has 158 valence electrons. The van der Waals surface area contributed by atoms with E-state index in [1.807, 2.05) is 0 Å². The van der Waals surface area contributed by atoms with Crippen LogP contribution in [0.3, 0.4) is 0 Å². The van der Waals surface area contributed by atoms with Crippen molar-refractivity contribution in [1.29, 1.82) is 0 Å². The fraction of sp³-hybridized carbons (Fsp3) is 0.118. The average molecular weight is 426 g/mol. The summed E-state index contributed by atoms with van der Waals surface area (Å²) in [4.78, 5) is 31.5. The van der Waals surface area contributed by atoms with Gasteiger partial charge in [0.1, 0.15) is 0 Å². The van der Waals surface area contributed by atoms with E-state index in [1.165, 1.54) is 0 Å². The lowest BCUT2D eigenvalue weighted by molar-refractivity contribution is -0.294. The summed E-state index contributed by atoms with van der Waals surface area (Å²) in [6.45, 7) is 0. The fourth-order valence-electron chi connectivity index (χ4n) is 1.33. The Morgan fingerprint density at radius 2 is 1.00 bits per heavy atom. The van der Waals surface area contributed by atoms with Crippen molar-refractivity contribution < 1.29 is 56.0 Å². The van der Waals surface area contributed by atoms with Gasteiger partial charge in [-0.25, -0.2) is 19.3 Å². The number of carboxylic acids is 2. The van der Waals surface area contributed by atoms with E-state index in [1.54, 1.807) is 65.6 Å². The first-order valence-corrected chi connectivity index (χ1v) is 7.18. The molecule has 0 bridgehead atoms. The Balaban J connectivity index is 0.000000408. The van der Waals surface area contributed by atoms with Crippen LogP contribution in [0.2, 0.25) is 0 Å². The number of hydrogen-bond acceptors (Lipinski definition) is 4. The van der Waals surface area contributed by atoms with Gasteiger partial charge in [-0.05, 0) is 24.3 Å². The van der Waals surface area contributed by atoms with E-state index in [0.717, 1.165) is 0 Å². The van der Waals surface area contributed by atoms with Crippen molar-refractivity contribution >= 4 is 17.9 Å². The number of benzene rings is 2. The highest BCUT2D eigenvalue weighted by molar-refractivity contribution is 5.87. The molecule has 0 atom stereocenters. The molecule has 0 saturated carbocycles. The van der Waals surface area contributed by atoms with E-state index in [4.69, 9.17) is 10.2 Å². The van der Waals surface area contributed by atoms with Crippen LogP contribution < -0.4 is 0 Å². The van der Waals surface area contributed by atoms with E-state index in [9.17, 15) is 40.9 Å². The molecule has 0 aliphatic heterocycles. The molecule has 0 aliphatic carbocycles. The van der Waals surface area contributed by atoms with Crippen LogP contribution in [0.15, 0.2) is 60.7 Å². The number of carbonyl (C=O) groups is 3. The summed E-state index contributed by atoms with van der Waals surface area (Å²) in [6, 6.07) is 16.6. The minimum Gasteiger partial charge on any atom is -0.478 e. The Kier molecular flexibility index (Phi) is 9.92. The summed E-state index contributed by atoms with van der Waals surface area (Å²) in [5.74, 6) is -10.8. The van der Waals surface area contributed by atoms with E-state index in [0.29, 0.717) is 11.1 Å². The van der Waals surface area contributed by atoms with Crippen molar-refractivity contribution in [3.05, 3.63) is 71.8 Å². The molecule has 0 aromatic heterocycles. The summed E-state index contributed by atoms with van der Waals surface area (Å²) in [7, 11) is 0. The minimum absolute atomic E-state index is 0.331. The van der Waals surface area contributed by atoms with Gasteiger partial charge in [0.2, 0.25) is 0 Å². The summed E-state index contributed by atoms with van der Waals surface area (Å²) in [6.07, 6.45) is -6.13. The maximum Gasteiger partial charge on any atom is 0.465 e. The summed E-state index contributed by atoms with van der Waals surface area (Å²) >= 11 is 0. The Morgan fingerprint density at radius 3 is 1.14 bits per heavy atom. The predicted molar refractivity (Wildman–Crippen MR) is 85.0 cm³/mol. The fourth-order valence-corrected chi connectivity index (χ4v) is 1.33. The molecule has 0 amide bonds. The molecule has 0 heterocycles. The number of rotatable bonds is 3. The van der Waals surface area contributed by atoms with Gasteiger partial charge in [0.15, 0.2) is 0 Å². The highest BCUT2D eigenvalue weighted by Gasteiger charge is 2.65. The molecule has 2 aromatic carbocycles. The zero-order chi connectivity index (χ0) is 22.7. The van der Waals surface area contributed by atoms with Crippen LogP contribution in [0.4, 0.5) is 26.5 Å². The number of aromatic carboxylic acids is 2. The molecule has 6 nitrogen and oxygen atoms in total. The number of halogens is 6. The summed E-state index contributed by atoms with van der Waals surface area (Å²) in [5.41, 5.74) is 0.662. The molecule has 0 unspecified atom stereocenters. The first-order chi connectivity index (χ1) is 13.3. The van der Waals surface area contributed by atoms with E-state index in [2.05, 4.69) is 0 Å². The topological polar surface area (TPSA) is 101 Å².